The molecule has 22 heavy (non-hydrogen) atoms. The van der Waals surface area contributed by atoms with Crippen LogP contribution in [-0.4, -0.2) is 54.8 Å². The van der Waals surface area contributed by atoms with Crippen molar-refractivity contribution in [2.75, 3.05) is 32.6 Å². The van der Waals surface area contributed by atoms with Crippen LogP contribution in [-0.2, 0) is 6.54 Å². The first-order chi connectivity index (χ1) is 10.5. The highest BCUT2D eigenvalue weighted by atomic mass is 32.1. The van der Waals surface area contributed by atoms with Crippen molar-refractivity contribution < 1.29 is 9.90 Å². The van der Waals surface area contributed by atoms with Gasteiger partial charge in [0.15, 0.2) is 5.13 Å². The Morgan fingerprint density at radius 2 is 2.05 bits per heavy atom. The van der Waals surface area contributed by atoms with Gasteiger partial charge in [-0.1, -0.05) is 0 Å². The first-order valence-corrected chi connectivity index (χ1v) is 8.62. The lowest BCUT2D eigenvalue weighted by Gasteiger charge is -2.34. The molecular formula is C15H26N4O2S. The van der Waals surface area contributed by atoms with Crippen LogP contribution in [0.1, 0.15) is 31.4 Å². The number of hydrogen-bond donors (Lipinski definition) is 2. The van der Waals surface area contributed by atoms with E-state index >= 15 is 0 Å². The van der Waals surface area contributed by atoms with Gasteiger partial charge in [0.25, 0.3) is 0 Å². The summed E-state index contributed by atoms with van der Waals surface area (Å²) in [6.07, 6.45) is 3.93. The van der Waals surface area contributed by atoms with E-state index in [1.807, 2.05) is 31.4 Å². The summed E-state index contributed by atoms with van der Waals surface area (Å²) in [5.74, 6) is 0.409. The summed E-state index contributed by atoms with van der Waals surface area (Å²) in [7, 11) is 5.76. The summed E-state index contributed by atoms with van der Waals surface area (Å²) in [6, 6.07) is 0.224. The molecule has 2 N–H and O–H groups in total. The fraction of sp³-hybridized carbons (Fsp3) is 0.733. The number of aliphatic hydroxyl groups is 1. The predicted octanol–water partition coefficient (Wildman–Crippen LogP) is 1.90. The normalized spacial score (nSPS) is 21.5. The molecular weight excluding hydrogens is 300 g/mol. The SMILES string of the molecule is CN(C)c1nc(CNC(=O)N(C)C2CCC(CO)CC2)cs1. The highest BCUT2D eigenvalue weighted by Crippen LogP contribution is 2.26. The third-order valence-electron chi connectivity index (χ3n) is 4.29. The molecule has 0 atom stereocenters. The lowest BCUT2D eigenvalue weighted by Crippen LogP contribution is -2.45. The lowest BCUT2D eigenvalue weighted by molar-refractivity contribution is 0.134. The van der Waals surface area contributed by atoms with Gasteiger partial charge in [-0.3, -0.25) is 0 Å². The monoisotopic (exact) mass is 326 g/mol. The molecule has 1 heterocycles. The van der Waals surface area contributed by atoms with Crippen molar-refractivity contribution in [2.24, 2.45) is 5.92 Å². The lowest BCUT2D eigenvalue weighted by atomic mass is 9.86. The van der Waals surface area contributed by atoms with Crippen molar-refractivity contribution in [1.82, 2.24) is 15.2 Å². The minimum Gasteiger partial charge on any atom is -0.396 e. The molecule has 0 aliphatic heterocycles. The Morgan fingerprint density at radius 3 is 2.59 bits per heavy atom. The van der Waals surface area contributed by atoms with Crippen LogP contribution in [0.15, 0.2) is 5.38 Å². The molecule has 1 aliphatic rings. The number of urea groups is 1. The van der Waals surface area contributed by atoms with Crippen molar-refractivity contribution in [3.63, 3.8) is 0 Å². The van der Waals surface area contributed by atoms with E-state index in [2.05, 4.69) is 10.3 Å². The molecule has 1 aromatic rings. The number of carbonyl (C=O) groups excluding carboxylic acids is 1. The molecule has 0 unspecified atom stereocenters. The highest BCUT2D eigenvalue weighted by Gasteiger charge is 2.26. The Labute approximate surface area is 136 Å². The standard InChI is InChI=1S/C15H26N4O2S/c1-18(2)15-17-12(10-22-15)8-16-14(21)19(3)13-6-4-11(9-20)5-7-13/h10-11,13,20H,4-9H2,1-3H3,(H,16,21). The first kappa shape index (κ1) is 17.0. The molecule has 0 saturated heterocycles. The molecule has 1 saturated carbocycles. The third-order valence-corrected chi connectivity index (χ3v) is 5.34. The number of thiazole rings is 1. The van der Waals surface area contributed by atoms with E-state index in [0.29, 0.717) is 12.5 Å². The van der Waals surface area contributed by atoms with Crippen LogP contribution >= 0.6 is 11.3 Å². The van der Waals surface area contributed by atoms with Gasteiger partial charge in [-0.05, 0) is 31.6 Å². The summed E-state index contributed by atoms with van der Waals surface area (Å²) < 4.78 is 0. The summed E-state index contributed by atoms with van der Waals surface area (Å²) in [6.45, 7) is 0.722. The predicted molar refractivity (Wildman–Crippen MR) is 89.3 cm³/mol. The largest absolute Gasteiger partial charge is 0.396 e. The van der Waals surface area contributed by atoms with E-state index in [4.69, 9.17) is 0 Å². The van der Waals surface area contributed by atoms with Crippen LogP contribution in [0.3, 0.4) is 0 Å². The van der Waals surface area contributed by atoms with Gasteiger partial charge in [-0.25, -0.2) is 9.78 Å². The molecule has 124 valence electrons. The van der Waals surface area contributed by atoms with Gasteiger partial charge in [0, 0.05) is 39.2 Å². The average molecular weight is 326 g/mol. The topological polar surface area (TPSA) is 68.7 Å². The molecule has 2 amide bonds. The Kier molecular flexibility index (Phi) is 6.02. The van der Waals surface area contributed by atoms with E-state index in [0.717, 1.165) is 36.5 Å². The number of nitrogens with zero attached hydrogens (tertiary/aromatic N) is 3. The van der Waals surface area contributed by atoms with Crippen molar-refractivity contribution in [3.05, 3.63) is 11.1 Å². The van der Waals surface area contributed by atoms with E-state index < -0.39 is 0 Å². The maximum absolute atomic E-state index is 12.2. The number of aromatic nitrogens is 1. The van der Waals surface area contributed by atoms with Crippen LogP contribution in [0.4, 0.5) is 9.93 Å². The van der Waals surface area contributed by atoms with Gasteiger partial charge >= 0.3 is 6.03 Å². The number of anilines is 1. The molecule has 0 bridgehead atoms. The van der Waals surface area contributed by atoms with Crippen LogP contribution in [0, 0.1) is 5.92 Å². The molecule has 6 nitrogen and oxygen atoms in total. The van der Waals surface area contributed by atoms with Crippen molar-refractivity contribution in [3.8, 4) is 0 Å². The molecule has 2 rings (SSSR count). The number of hydrogen-bond acceptors (Lipinski definition) is 5. The van der Waals surface area contributed by atoms with Gasteiger partial charge < -0.3 is 20.2 Å². The maximum atomic E-state index is 12.2. The molecule has 0 radical (unpaired) electrons. The number of carbonyl (C=O) groups is 1. The van der Waals surface area contributed by atoms with Crippen molar-refractivity contribution >= 4 is 22.5 Å². The van der Waals surface area contributed by atoms with Gasteiger partial charge in [0.05, 0.1) is 12.2 Å². The molecule has 1 aliphatic carbocycles. The second-order valence-corrected chi connectivity index (χ2v) is 6.98. The van der Waals surface area contributed by atoms with Gasteiger partial charge in [0.1, 0.15) is 0 Å². The quantitative estimate of drug-likeness (QED) is 0.867. The highest BCUT2D eigenvalue weighted by molar-refractivity contribution is 7.13. The Balaban J connectivity index is 1.78. The number of nitrogens with one attached hydrogen (secondary N) is 1. The Morgan fingerprint density at radius 1 is 1.36 bits per heavy atom. The minimum absolute atomic E-state index is 0.0492. The second kappa shape index (κ2) is 7.78. The summed E-state index contributed by atoms with van der Waals surface area (Å²) in [5, 5.41) is 15.0. The second-order valence-electron chi connectivity index (χ2n) is 6.14. The zero-order valence-corrected chi connectivity index (χ0v) is 14.4. The average Bonchev–Trinajstić information content (AvgIpc) is 3.01. The van der Waals surface area contributed by atoms with Crippen molar-refractivity contribution in [1.29, 1.82) is 0 Å². The van der Waals surface area contributed by atoms with E-state index in [1.54, 1.807) is 16.2 Å². The molecule has 0 spiro atoms. The van der Waals surface area contributed by atoms with E-state index in [9.17, 15) is 9.90 Å². The third kappa shape index (κ3) is 4.33. The summed E-state index contributed by atoms with van der Waals surface area (Å²) in [5.41, 5.74) is 0.888. The van der Waals surface area contributed by atoms with Crippen LogP contribution in [0.5, 0.6) is 0 Å². The molecule has 1 fully saturated rings. The Hall–Kier alpha value is -1.34. The molecule has 0 aromatic carbocycles. The zero-order valence-electron chi connectivity index (χ0n) is 13.6. The zero-order chi connectivity index (χ0) is 16.1. The number of rotatable bonds is 5. The molecule has 1 aromatic heterocycles. The minimum atomic E-state index is -0.0492. The Bertz CT molecular complexity index is 484. The smallest absolute Gasteiger partial charge is 0.317 e. The van der Waals surface area contributed by atoms with Crippen molar-refractivity contribution in [2.45, 2.75) is 38.3 Å². The van der Waals surface area contributed by atoms with Crippen LogP contribution in [0.25, 0.3) is 0 Å². The fourth-order valence-electron chi connectivity index (χ4n) is 2.75. The van der Waals surface area contributed by atoms with E-state index in [1.165, 1.54) is 0 Å². The summed E-state index contributed by atoms with van der Waals surface area (Å²) in [4.78, 5) is 20.5. The number of amides is 2. The first-order valence-electron chi connectivity index (χ1n) is 7.74. The van der Waals surface area contributed by atoms with Crippen LogP contribution < -0.4 is 10.2 Å². The van der Waals surface area contributed by atoms with E-state index in [-0.39, 0.29) is 18.7 Å². The maximum Gasteiger partial charge on any atom is 0.317 e. The summed E-state index contributed by atoms with van der Waals surface area (Å²) >= 11 is 1.57. The van der Waals surface area contributed by atoms with Crippen LogP contribution in [0.2, 0.25) is 0 Å². The van der Waals surface area contributed by atoms with Gasteiger partial charge in [-0.15, -0.1) is 11.3 Å². The fourth-order valence-corrected chi connectivity index (χ4v) is 3.51. The van der Waals surface area contributed by atoms with Gasteiger partial charge in [-0.2, -0.15) is 0 Å². The molecule has 7 heteroatoms. The van der Waals surface area contributed by atoms with Gasteiger partial charge in [0.2, 0.25) is 0 Å². The number of aliphatic hydroxyl groups excluding tert-OH is 1.